The van der Waals surface area contributed by atoms with Gasteiger partial charge < -0.3 is 15.2 Å². The number of hydrogen-bond acceptors (Lipinski definition) is 4. The smallest absolute Gasteiger partial charge is 0.250 e. The lowest BCUT2D eigenvalue weighted by atomic mass is 10.1. The fraction of sp³-hybridized carbons (Fsp3) is 0.429. The molecule has 2 rings (SSSR count). The summed E-state index contributed by atoms with van der Waals surface area (Å²) < 4.78 is 24.3. The molecule has 0 fully saturated rings. The molecule has 2 aromatic rings. The van der Waals surface area contributed by atoms with E-state index in [2.05, 4.69) is 15.6 Å². The second-order valence-electron chi connectivity index (χ2n) is 7.14. The van der Waals surface area contributed by atoms with Gasteiger partial charge in [0.05, 0.1) is 18.8 Å². The molecule has 1 aromatic heterocycles. The molecule has 0 aliphatic heterocycles. The molecule has 0 saturated carbocycles. The standard InChI is InChI=1S/C21H30N4O3S.HI/c1-4-22-21(24-17(2)12-14-29(3,27)28)23-15-18-8-10-19(11-9-18)16-25-13-6-5-7-20(25)26;/h5-11,13,17H,4,12,14-16H2,1-3H3,(H2,22,23,24);1H. The van der Waals surface area contributed by atoms with Crippen molar-refractivity contribution in [2.45, 2.75) is 39.4 Å². The summed E-state index contributed by atoms with van der Waals surface area (Å²) in [6.45, 7) is 5.68. The van der Waals surface area contributed by atoms with Gasteiger partial charge in [-0.05, 0) is 37.5 Å². The molecule has 1 heterocycles. The lowest BCUT2D eigenvalue weighted by Gasteiger charge is -2.17. The maximum atomic E-state index is 11.8. The van der Waals surface area contributed by atoms with Crippen LogP contribution < -0.4 is 16.2 Å². The summed E-state index contributed by atoms with van der Waals surface area (Å²) in [6, 6.07) is 13.1. The molecule has 0 amide bonds. The molecular weight excluding hydrogens is 515 g/mol. The highest BCUT2D eigenvalue weighted by Gasteiger charge is 2.09. The van der Waals surface area contributed by atoms with Crippen molar-refractivity contribution in [3.05, 3.63) is 70.1 Å². The van der Waals surface area contributed by atoms with E-state index < -0.39 is 9.84 Å². The van der Waals surface area contributed by atoms with Gasteiger partial charge >= 0.3 is 0 Å². The first kappa shape index (κ1) is 26.2. The van der Waals surface area contributed by atoms with E-state index in [-0.39, 0.29) is 41.3 Å². The molecule has 0 radical (unpaired) electrons. The van der Waals surface area contributed by atoms with Crippen LogP contribution in [0.2, 0.25) is 0 Å². The molecule has 9 heteroatoms. The Hall–Kier alpha value is -1.88. The van der Waals surface area contributed by atoms with Gasteiger partial charge in [0.15, 0.2) is 5.96 Å². The van der Waals surface area contributed by atoms with Gasteiger partial charge in [-0.3, -0.25) is 4.79 Å². The molecule has 0 bridgehead atoms. The molecule has 0 aliphatic rings. The molecule has 2 N–H and O–H groups in total. The second-order valence-corrected chi connectivity index (χ2v) is 9.40. The van der Waals surface area contributed by atoms with Crippen molar-refractivity contribution < 1.29 is 8.42 Å². The van der Waals surface area contributed by atoms with Crippen LogP contribution in [0.3, 0.4) is 0 Å². The molecule has 0 aliphatic carbocycles. The van der Waals surface area contributed by atoms with Crippen LogP contribution in [0.5, 0.6) is 0 Å². The number of pyridine rings is 1. The summed E-state index contributed by atoms with van der Waals surface area (Å²) in [5, 5.41) is 6.43. The number of benzene rings is 1. The van der Waals surface area contributed by atoms with Gasteiger partial charge in [0.1, 0.15) is 9.84 Å². The van der Waals surface area contributed by atoms with Gasteiger partial charge in [0.25, 0.3) is 5.56 Å². The van der Waals surface area contributed by atoms with Crippen LogP contribution in [0.15, 0.2) is 58.4 Å². The van der Waals surface area contributed by atoms with Gasteiger partial charge in [-0.15, -0.1) is 24.0 Å². The lowest BCUT2D eigenvalue weighted by molar-refractivity contribution is 0.581. The summed E-state index contributed by atoms with van der Waals surface area (Å²) in [6.07, 6.45) is 3.55. The fourth-order valence-electron chi connectivity index (χ4n) is 2.72. The van der Waals surface area contributed by atoms with Gasteiger partial charge in [-0.1, -0.05) is 30.3 Å². The maximum Gasteiger partial charge on any atom is 0.250 e. The summed E-state index contributed by atoms with van der Waals surface area (Å²) in [4.78, 5) is 16.4. The molecule has 1 atom stereocenters. The Kier molecular flexibility index (Phi) is 11.1. The second kappa shape index (κ2) is 12.7. The van der Waals surface area contributed by atoms with E-state index in [1.54, 1.807) is 22.9 Å². The number of guanidine groups is 1. The van der Waals surface area contributed by atoms with Gasteiger partial charge in [-0.2, -0.15) is 0 Å². The zero-order valence-corrected chi connectivity index (χ0v) is 20.8. The Morgan fingerprint density at radius 2 is 1.80 bits per heavy atom. The Labute approximate surface area is 195 Å². The Morgan fingerprint density at radius 1 is 1.13 bits per heavy atom. The van der Waals surface area contributed by atoms with Crippen LogP contribution in [-0.2, 0) is 22.9 Å². The summed E-state index contributed by atoms with van der Waals surface area (Å²) in [5.41, 5.74) is 2.08. The Bertz CT molecular complexity index is 972. The molecule has 1 unspecified atom stereocenters. The number of halogens is 1. The largest absolute Gasteiger partial charge is 0.357 e. The predicted octanol–water partition coefficient (Wildman–Crippen LogP) is 2.39. The molecule has 1 aromatic carbocycles. The highest BCUT2D eigenvalue weighted by Crippen LogP contribution is 2.07. The van der Waals surface area contributed by atoms with E-state index >= 15 is 0 Å². The van der Waals surface area contributed by atoms with Crippen molar-refractivity contribution in [3.63, 3.8) is 0 Å². The topological polar surface area (TPSA) is 92.6 Å². The number of aromatic nitrogens is 1. The molecule has 7 nitrogen and oxygen atoms in total. The van der Waals surface area contributed by atoms with E-state index in [1.807, 2.05) is 44.2 Å². The van der Waals surface area contributed by atoms with Crippen molar-refractivity contribution in [2.75, 3.05) is 18.6 Å². The molecule has 0 spiro atoms. The van der Waals surface area contributed by atoms with Crippen molar-refractivity contribution in [1.29, 1.82) is 0 Å². The SMILES string of the molecule is CCNC(=NCc1ccc(Cn2ccccc2=O)cc1)NC(C)CCS(C)(=O)=O.I. The maximum absolute atomic E-state index is 11.8. The van der Waals surface area contributed by atoms with Crippen molar-refractivity contribution >= 4 is 39.8 Å². The monoisotopic (exact) mass is 546 g/mol. The number of hydrogen-bond donors (Lipinski definition) is 2. The highest BCUT2D eigenvalue weighted by molar-refractivity contribution is 14.0. The summed E-state index contributed by atoms with van der Waals surface area (Å²) in [5.74, 6) is 0.806. The quantitative estimate of drug-likeness (QED) is 0.287. The molecule has 0 saturated heterocycles. The van der Waals surface area contributed by atoms with Gasteiger partial charge in [0, 0.05) is 31.1 Å². The van der Waals surface area contributed by atoms with Crippen molar-refractivity contribution in [1.82, 2.24) is 15.2 Å². The minimum atomic E-state index is -2.97. The van der Waals surface area contributed by atoms with E-state index in [0.717, 1.165) is 17.7 Å². The lowest BCUT2D eigenvalue weighted by Crippen LogP contribution is -2.42. The number of nitrogens with one attached hydrogen (secondary N) is 2. The van der Waals surface area contributed by atoms with E-state index in [1.165, 1.54) is 6.26 Å². The predicted molar refractivity (Wildman–Crippen MR) is 133 cm³/mol. The van der Waals surface area contributed by atoms with Gasteiger partial charge in [0.2, 0.25) is 0 Å². The number of aliphatic imine (C=N–C) groups is 1. The summed E-state index contributed by atoms with van der Waals surface area (Å²) >= 11 is 0. The number of nitrogens with zero attached hydrogens (tertiary/aromatic N) is 2. The zero-order valence-electron chi connectivity index (χ0n) is 17.7. The first-order valence-electron chi connectivity index (χ1n) is 9.72. The first-order valence-corrected chi connectivity index (χ1v) is 11.8. The summed E-state index contributed by atoms with van der Waals surface area (Å²) in [7, 11) is -2.97. The van der Waals surface area contributed by atoms with Crippen LogP contribution >= 0.6 is 24.0 Å². The number of rotatable bonds is 9. The van der Waals surface area contributed by atoms with Crippen molar-refractivity contribution in [2.24, 2.45) is 4.99 Å². The first-order chi connectivity index (χ1) is 13.8. The van der Waals surface area contributed by atoms with E-state index in [9.17, 15) is 13.2 Å². The average molecular weight is 546 g/mol. The molecule has 166 valence electrons. The average Bonchev–Trinajstić information content (AvgIpc) is 2.67. The fourth-order valence-corrected chi connectivity index (χ4v) is 3.51. The van der Waals surface area contributed by atoms with Crippen molar-refractivity contribution in [3.8, 4) is 0 Å². The van der Waals surface area contributed by atoms with Crippen LogP contribution in [-0.4, -0.2) is 43.5 Å². The minimum Gasteiger partial charge on any atom is -0.357 e. The highest BCUT2D eigenvalue weighted by atomic mass is 127. The normalized spacial score (nSPS) is 12.7. The Morgan fingerprint density at radius 3 is 2.40 bits per heavy atom. The van der Waals surface area contributed by atoms with Crippen LogP contribution in [0.4, 0.5) is 0 Å². The third kappa shape index (κ3) is 9.75. The van der Waals surface area contributed by atoms with Gasteiger partial charge in [-0.25, -0.2) is 13.4 Å². The third-order valence-electron chi connectivity index (χ3n) is 4.34. The number of sulfone groups is 1. The van der Waals surface area contributed by atoms with Crippen LogP contribution in [0, 0.1) is 0 Å². The van der Waals surface area contributed by atoms with Crippen LogP contribution in [0.25, 0.3) is 0 Å². The third-order valence-corrected chi connectivity index (χ3v) is 5.32. The van der Waals surface area contributed by atoms with E-state index in [4.69, 9.17) is 0 Å². The van der Waals surface area contributed by atoms with Crippen LogP contribution in [0.1, 0.15) is 31.4 Å². The Balaban J connectivity index is 0.00000450. The molecular formula is C21H31IN4O3S. The minimum absolute atomic E-state index is 0. The molecule has 30 heavy (non-hydrogen) atoms. The zero-order chi connectivity index (χ0) is 21.3. The van der Waals surface area contributed by atoms with E-state index in [0.29, 0.717) is 25.5 Å².